The minimum atomic E-state index is 0.859. The third-order valence-corrected chi connectivity index (χ3v) is 31.4. The van der Waals surface area contributed by atoms with E-state index in [0.717, 1.165) is 166 Å². The van der Waals surface area contributed by atoms with Gasteiger partial charge in [0.2, 0.25) is 0 Å². The van der Waals surface area contributed by atoms with Gasteiger partial charge < -0.3 is 40.7 Å². The number of nitrogens with zero attached hydrogens (tertiary/aromatic N) is 10. The van der Waals surface area contributed by atoms with Gasteiger partial charge in [0, 0.05) is 171 Å². The van der Waals surface area contributed by atoms with Crippen molar-refractivity contribution in [1.82, 2.24) is 47.3 Å². The van der Waals surface area contributed by atoms with Crippen LogP contribution in [0.3, 0.4) is 0 Å². The molecule has 0 fully saturated rings. The van der Waals surface area contributed by atoms with Crippen LogP contribution in [0.25, 0.3) is 296 Å². The Morgan fingerprint density at radius 3 is 0.885 bits per heavy atom. The fraction of sp³-hybridized carbons (Fsp3) is 0. The molecule has 0 unspecified atom stereocenters. The molecule has 13 nitrogen and oxygen atoms in total. The number of fused-ring (bicyclic) bond motifs is 30. The second kappa shape index (κ2) is 32.9. The van der Waals surface area contributed by atoms with Crippen molar-refractivity contribution in [2.45, 2.75) is 0 Å². The first kappa shape index (κ1) is 82.9. The molecule has 0 saturated carbocycles. The number of pyridine rings is 4. The van der Waals surface area contributed by atoms with Crippen LogP contribution in [0.15, 0.2) is 499 Å². The second-order valence-corrected chi connectivity index (χ2v) is 39.4. The molecular formula is C134H80N10O3S. The second-order valence-electron chi connectivity index (χ2n) is 38.4. The van der Waals surface area contributed by atoms with Gasteiger partial charge in [0.25, 0.3) is 0 Å². The van der Waals surface area contributed by atoms with Crippen LogP contribution in [-0.2, 0) is 0 Å². The van der Waals surface area contributed by atoms with Gasteiger partial charge in [0.15, 0.2) is 0 Å². The van der Waals surface area contributed by atoms with Crippen molar-refractivity contribution in [2.75, 3.05) is 0 Å². The Hall–Kier alpha value is -19.8. The van der Waals surface area contributed by atoms with Crippen LogP contribution in [0.4, 0.5) is 0 Å². The molecule has 0 N–H and O–H groups in total. The van der Waals surface area contributed by atoms with Gasteiger partial charge in [-0.05, 0) is 269 Å². The smallest absolute Gasteiger partial charge is 0.135 e. The highest BCUT2D eigenvalue weighted by molar-refractivity contribution is 7.25. The molecule has 0 radical (unpaired) electrons. The van der Waals surface area contributed by atoms with E-state index in [9.17, 15) is 0 Å². The van der Waals surface area contributed by atoms with Crippen LogP contribution in [0.1, 0.15) is 0 Å². The number of benzene rings is 19. The lowest BCUT2D eigenvalue weighted by atomic mass is 9.97. The molecule has 690 valence electrons. The van der Waals surface area contributed by atoms with Gasteiger partial charge in [-0.3, -0.25) is 19.9 Å². The van der Waals surface area contributed by atoms with E-state index in [1.807, 2.05) is 79.0 Å². The Kier molecular flexibility index (Phi) is 18.4. The van der Waals surface area contributed by atoms with E-state index in [1.165, 1.54) is 129 Å². The van der Waals surface area contributed by atoms with Gasteiger partial charge in [-0.25, -0.2) is 0 Å². The topological polar surface area (TPSA) is 121 Å². The molecule has 33 aromatic rings. The summed E-state index contributed by atoms with van der Waals surface area (Å²) in [6.07, 6.45) is 13.3. The number of hydrogen-bond acceptors (Lipinski definition) is 8. The lowest BCUT2D eigenvalue weighted by Crippen LogP contribution is -2.00. The number of aromatic nitrogens is 10. The monoisotopic (exact) mass is 1910 g/mol. The third-order valence-electron chi connectivity index (χ3n) is 30.2. The van der Waals surface area contributed by atoms with Gasteiger partial charge in [-0.2, -0.15) is 0 Å². The molecule has 0 aliphatic rings. The predicted molar refractivity (Wildman–Crippen MR) is 613 cm³/mol. The molecule has 14 heterocycles. The largest absolute Gasteiger partial charge is 0.456 e. The van der Waals surface area contributed by atoms with Crippen LogP contribution in [0, 0.1) is 0 Å². The first-order valence-corrected chi connectivity index (χ1v) is 50.7. The molecule has 0 aliphatic heterocycles. The van der Waals surface area contributed by atoms with Gasteiger partial charge in [-0.1, -0.05) is 218 Å². The maximum Gasteiger partial charge on any atom is 0.135 e. The van der Waals surface area contributed by atoms with Crippen molar-refractivity contribution < 1.29 is 13.3 Å². The van der Waals surface area contributed by atoms with E-state index in [-0.39, 0.29) is 0 Å². The summed E-state index contributed by atoms with van der Waals surface area (Å²) in [6, 6.07) is 159. The highest BCUT2D eigenvalue weighted by atomic mass is 32.1. The Labute approximate surface area is 847 Å². The Morgan fingerprint density at radius 1 is 0.155 bits per heavy atom. The molecule has 19 aromatic carbocycles. The van der Waals surface area contributed by atoms with Crippen LogP contribution in [-0.4, -0.2) is 47.3 Å². The van der Waals surface area contributed by atoms with Gasteiger partial charge >= 0.3 is 0 Å². The molecule has 0 bridgehead atoms. The van der Waals surface area contributed by atoms with Crippen LogP contribution in [0.2, 0.25) is 0 Å². The summed E-state index contributed by atoms with van der Waals surface area (Å²) in [6.45, 7) is 0. The zero-order valence-corrected chi connectivity index (χ0v) is 80.1. The summed E-state index contributed by atoms with van der Waals surface area (Å²) < 4.78 is 35.6. The summed E-state index contributed by atoms with van der Waals surface area (Å²) in [7, 11) is 0. The number of furan rings is 3. The summed E-state index contributed by atoms with van der Waals surface area (Å²) in [5, 5.41) is 22.6. The van der Waals surface area contributed by atoms with Gasteiger partial charge in [-0.15, -0.1) is 11.3 Å². The minimum absolute atomic E-state index is 0.859. The summed E-state index contributed by atoms with van der Waals surface area (Å²) in [5.41, 5.74) is 35.9. The van der Waals surface area contributed by atoms with Crippen LogP contribution >= 0.6 is 11.3 Å². The molecule has 148 heavy (non-hydrogen) atoms. The molecule has 33 rings (SSSR count). The zero-order chi connectivity index (χ0) is 96.9. The summed E-state index contributed by atoms with van der Waals surface area (Å²) >= 11 is 1.86. The minimum Gasteiger partial charge on any atom is -0.456 e. The SMILES string of the molecule is c1cc(-c2ccc3oc4ccccc4c3c2)cc(-c2ccc3oc4ccc(-n5c6cnccc6c6ncccc65)cc4c3c2)c1.c1cc(-c2ccc3sc4ccc(-n5c6ccccc6c6ccncc65)cc4c3c2)cc(-n2c3ccccc3c3ccccc32)c1.c1ccc2c(c1)c1ccccc1n2-c1cc(-c2ccc3oc4ccc(-n5c6ccccc6c6ccncc65)cc4c3c2)cc(-n2c3ccccc3c3ccccc32)c1. The predicted octanol–water partition coefficient (Wildman–Crippen LogP) is 36.0. The molecule has 0 aliphatic carbocycles. The Balaban J connectivity index is 0.000000102. The Bertz CT molecular complexity index is 10900. The molecule has 14 aromatic heterocycles. The maximum atomic E-state index is 6.52. The zero-order valence-electron chi connectivity index (χ0n) is 79.3. The quantitative estimate of drug-likeness (QED) is 0.134. The number of hydrogen-bond donors (Lipinski definition) is 0. The van der Waals surface area contributed by atoms with Crippen LogP contribution < -0.4 is 0 Å². The molecule has 0 atom stereocenters. The molecule has 0 spiro atoms. The number of thiophene rings is 1. The standard InChI is InChI=1S/C53H32N4O.C41H25N3S.C40H23N3O2/c1-7-17-47-38(11-1)39-12-2-8-18-48(39)56(47)36-27-34(28-37(30-36)57-49-19-9-3-13-40(49)41-14-4-10-20-50(41)57)33-21-23-52-44(29-33)45-31-35(22-24-53(45)58-52)55-46-16-6-5-15-42(46)43-25-26-54-32-51(43)55;1-4-13-36-30(10-1)31-11-2-5-14-37(31)43(36)28-9-7-8-26(22-28)27-16-18-40-34(23-27)35-24-29(17-19-41(35)45-40)44-38-15-6-3-12-32(38)33-20-21-42-25-39(33)44;1-2-9-36-29(7-1)31-20-26(10-13-37(31)44-36)24-5-3-6-25(19-24)27-11-14-38-32(21-27)33-22-28(12-15-39(33)45-38)43-34-8-4-17-42-40(34)30-16-18-41-23-35(30)43/h1-32H;1-25H;1-23H. The molecule has 0 amide bonds. The van der Waals surface area contributed by atoms with E-state index in [2.05, 4.69) is 466 Å². The van der Waals surface area contributed by atoms with E-state index in [1.54, 1.807) is 0 Å². The van der Waals surface area contributed by atoms with E-state index in [4.69, 9.17) is 13.3 Å². The van der Waals surface area contributed by atoms with Gasteiger partial charge in [0.1, 0.15) is 33.5 Å². The van der Waals surface area contributed by atoms with E-state index >= 15 is 0 Å². The number of para-hydroxylation sites is 9. The summed E-state index contributed by atoms with van der Waals surface area (Å²) in [5.74, 6) is 0. The average molecular weight is 1910 g/mol. The van der Waals surface area contributed by atoms with Crippen molar-refractivity contribution in [3.05, 3.63) is 486 Å². The first-order valence-electron chi connectivity index (χ1n) is 49.9. The molecule has 0 saturated heterocycles. The van der Waals surface area contributed by atoms with Crippen molar-refractivity contribution in [2.24, 2.45) is 0 Å². The maximum absolute atomic E-state index is 6.52. The van der Waals surface area contributed by atoms with E-state index < -0.39 is 0 Å². The van der Waals surface area contributed by atoms with Crippen molar-refractivity contribution in [3.8, 4) is 78.6 Å². The normalized spacial score (nSPS) is 12.1. The van der Waals surface area contributed by atoms with Crippen molar-refractivity contribution in [3.63, 3.8) is 0 Å². The fourth-order valence-electron chi connectivity index (χ4n) is 23.6. The number of rotatable bonds is 10. The molecular weight excluding hydrogens is 1830 g/mol. The highest BCUT2D eigenvalue weighted by Crippen LogP contribution is 2.48. The summed E-state index contributed by atoms with van der Waals surface area (Å²) in [4.78, 5) is 18.1. The average Bonchev–Trinajstić information content (AvgIpc) is 1.61. The van der Waals surface area contributed by atoms with E-state index in [0.29, 0.717) is 0 Å². The third kappa shape index (κ3) is 13.0. The fourth-order valence-corrected chi connectivity index (χ4v) is 24.7. The lowest BCUT2D eigenvalue weighted by molar-refractivity contribution is 0.668. The first-order chi connectivity index (χ1) is 73.4. The molecule has 14 heteroatoms. The van der Waals surface area contributed by atoms with Gasteiger partial charge in [0.05, 0.1) is 90.3 Å². The van der Waals surface area contributed by atoms with Crippen LogP contribution in [0.5, 0.6) is 0 Å². The van der Waals surface area contributed by atoms with Crippen molar-refractivity contribution in [1.29, 1.82) is 0 Å². The Morgan fingerprint density at radius 2 is 0.432 bits per heavy atom. The lowest BCUT2D eigenvalue weighted by Gasteiger charge is -2.16. The van der Waals surface area contributed by atoms with Crippen molar-refractivity contribution >= 4 is 228 Å². The highest BCUT2D eigenvalue weighted by Gasteiger charge is 2.25.